The number of halogens is 1. The number of pyridine rings is 1. The monoisotopic (exact) mass is 238 g/mol. The predicted octanol–water partition coefficient (Wildman–Crippen LogP) is 2.40. The van der Waals surface area contributed by atoms with Crippen LogP contribution >= 0.6 is 11.6 Å². The first-order chi connectivity index (χ1) is 7.79. The van der Waals surface area contributed by atoms with E-state index in [2.05, 4.69) is 10.3 Å². The maximum Gasteiger partial charge on any atom is 0.138 e. The van der Waals surface area contributed by atoms with Gasteiger partial charge in [0, 0.05) is 12.1 Å². The van der Waals surface area contributed by atoms with Crippen LogP contribution < -0.4 is 10.1 Å². The summed E-state index contributed by atoms with van der Waals surface area (Å²) in [6.45, 7) is 0. The van der Waals surface area contributed by atoms with Gasteiger partial charge in [0.1, 0.15) is 17.0 Å². The van der Waals surface area contributed by atoms with E-state index in [1.54, 1.807) is 12.3 Å². The van der Waals surface area contributed by atoms with Crippen molar-refractivity contribution in [1.29, 1.82) is 0 Å². The number of hydrogen-bond acceptors (Lipinski definition) is 3. The Morgan fingerprint density at radius 3 is 2.62 bits per heavy atom. The fraction of sp³-hybridized carbons (Fsp3) is 0.583. The number of piperidine rings is 1. The van der Waals surface area contributed by atoms with Crippen molar-refractivity contribution < 1.29 is 4.74 Å². The number of nitrogens with zero attached hydrogens (tertiary/aromatic N) is 1. The molecule has 1 N–H and O–H groups in total. The SMILES string of the molecule is Clc1ccc(OC2CC3CCC(C2)N3)cn1. The van der Waals surface area contributed by atoms with E-state index in [4.69, 9.17) is 16.3 Å². The predicted molar refractivity (Wildman–Crippen MR) is 62.8 cm³/mol. The van der Waals surface area contributed by atoms with Gasteiger partial charge >= 0.3 is 0 Å². The average Bonchev–Trinajstić information content (AvgIpc) is 2.62. The Bertz CT molecular complexity index is 356. The highest BCUT2D eigenvalue weighted by molar-refractivity contribution is 6.29. The molecule has 2 aliphatic heterocycles. The van der Waals surface area contributed by atoms with Crippen molar-refractivity contribution in [3.63, 3.8) is 0 Å². The van der Waals surface area contributed by atoms with Crippen LogP contribution in [-0.2, 0) is 0 Å². The molecule has 1 aromatic rings. The lowest BCUT2D eigenvalue weighted by molar-refractivity contribution is 0.137. The number of hydrogen-bond donors (Lipinski definition) is 1. The Morgan fingerprint density at radius 2 is 2.00 bits per heavy atom. The number of rotatable bonds is 2. The molecule has 3 rings (SSSR count). The van der Waals surface area contributed by atoms with Crippen LogP contribution in [0.25, 0.3) is 0 Å². The molecule has 2 bridgehead atoms. The van der Waals surface area contributed by atoms with Gasteiger partial charge in [-0.3, -0.25) is 0 Å². The molecule has 0 amide bonds. The first-order valence-electron chi connectivity index (χ1n) is 5.84. The van der Waals surface area contributed by atoms with Gasteiger partial charge in [0.25, 0.3) is 0 Å². The standard InChI is InChI=1S/C12H15ClN2O/c13-12-4-3-10(7-14-12)16-11-5-8-1-2-9(6-11)15-8/h3-4,7-9,11,15H,1-2,5-6H2. The van der Waals surface area contributed by atoms with Gasteiger partial charge in [-0.2, -0.15) is 0 Å². The third-order valence-electron chi connectivity index (χ3n) is 3.43. The zero-order valence-corrected chi connectivity index (χ0v) is 9.78. The van der Waals surface area contributed by atoms with E-state index in [0.29, 0.717) is 23.3 Å². The normalized spacial score (nSPS) is 32.7. The topological polar surface area (TPSA) is 34.1 Å². The molecule has 2 atom stereocenters. The van der Waals surface area contributed by atoms with E-state index in [9.17, 15) is 0 Å². The molecule has 3 nitrogen and oxygen atoms in total. The molecule has 2 aliphatic rings. The summed E-state index contributed by atoms with van der Waals surface area (Å²) in [5, 5.41) is 4.11. The fourth-order valence-electron chi connectivity index (χ4n) is 2.73. The number of aromatic nitrogens is 1. The summed E-state index contributed by atoms with van der Waals surface area (Å²) in [4.78, 5) is 4.02. The fourth-order valence-corrected chi connectivity index (χ4v) is 2.84. The maximum absolute atomic E-state index is 5.93. The highest BCUT2D eigenvalue weighted by atomic mass is 35.5. The van der Waals surface area contributed by atoms with Crippen molar-refractivity contribution in [3.8, 4) is 5.75 Å². The lowest BCUT2D eigenvalue weighted by Crippen LogP contribution is -2.42. The van der Waals surface area contributed by atoms with Gasteiger partial charge in [-0.05, 0) is 37.8 Å². The molecule has 0 radical (unpaired) electrons. The minimum Gasteiger partial charge on any atom is -0.489 e. The summed E-state index contributed by atoms with van der Waals surface area (Å²) in [7, 11) is 0. The van der Waals surface area contributed by atoms with Gasteiger partial charge in [-0.15, -0.1) is 0 Å². The second-order valence-corrected chi connectivity index (χ2v) is 5.05. The van der Waals surface area contributed by atoms with Crippen LogP contribution in [0.1, 0.15) is 25.7 Å². The summed E-state index contributed by atoms with van der Waals surface area (Å²) in [5.74, 6) is 0.829. The smallest absolute Gasteiger partial charge is 0.138 e. The minimum atomic E-state index is 0.335. The quantitative estimate of drug-likeness (QED) is 0.804. The van der Waals surface area contributed by atoms with E-state index < -0.39 is 0 Å². The molecule has 2 fully saturated rings. The van der Waals surface area contributed by atoms with Crippen LogP contribution in [-0.4, -0.2) is 23.2 Å². The molecular weight excluding hydrogens is 224 g/mol. The van der Waals surface area contributed by atoms with Crippen LogP contribution in [0.5, 0.6) is 5.75 Å². The van der Waals surface area contributed by atoms with Crippen LogP contribution in [0, 0.1) is 0 Å². The summed E-state index contributed by atoms with van der Waals surface area (Å²) in [5.41, 5.74) is 0. The molecule has 0 aromatic carbocycles. The third-order valence-corrected chi connectivity index (χ3v) is 3.66. The van der Waals surface area contributed by atoms with E-state index in [1.807, 2.05) is 6.07 Å². The zero-order valence-electron chi connectivity index (χ0n) is 9.03. The second-order valence-electron chi connectivity index (χ2n) is 4.67. The maximum atomic E-state index is 5.93. The van der Waals surface area contributed by atoms with Crippen molar-refractivity contribution in [3.05, 3.63) is 23.5 Å². The third kappa shape index (κ3) is 2.15. The lowest BCUT2D eigenvalue weighted by atomic mass is 10.0. The average molecular weight is 239 g/mol. The van der Waals surface area contributed by atoms with Crippen molar-refractivity contribution in [2.45, 2.75) is 43.9 Å². The van der Waals surface area contributed by atoms with Crippen molar-refractivity contribution in [2.75, 3.05) is 0 Å². The van der Waals surface area contributed by atoms with Crippen LogP contribution in [0.15, 0.2) is 18.3 Å². The van der Waals surface area contributed by atoms with Gasteiger partial charge in [-0.1, -0.05) is 11.6 Å². The highest BCUT2D eigenvalue weighted by Gasteiger charge is 2.34. The van der Waals surface area contributed by atoms with Crippen molar-refractivity contribution >= 4 is 11.6 Å². The van der Waals surface area contributed by atoms with Crippen LogP contribution in [0.2, 0.25) is 5.15 Å². The number of nitrogens with one attached hydrogen (secondary N) is 1. The zero-order chi connectivity index (χ0) is 11.0. The number of fused-ring (bicyclic) bond motifs is 2. The molecule has 3 heterocycles. The Kier molecular flexibility index (Phi) is 2.74. The van der Waals surface area contributed by atoms with Crippen LogP contribution in [0.3, 0.4) is 0 Å². The summed E-state index contributed by atoms with van der Waals surface area (Å²) >= 11 is 5.73. The molecule has 2 unspecified atom stereocenters. The Morgan fingerprint density at radius 1 is 1.25 bits per heavy atom. The minimum absolute atomic E-state index is 0.335. The largest absolute Gasteiger partial charge is 0.489 e. The molecule has 2 saturated heterocycles. The Balaban J connectivity index is 1.64. The molecule has 4 heteroatoms. The first kappa shape index (κ1) is 10.4. The molecule has 1 aromatic heterocycles. The summed E-state index contributed by atoms with van der Waals surface area (Å²) < 4.78 is 5.93. The molecule has 16 heavy (non-hydrogen) atoms. The molecule has 0 saturated carbocycles. The van der Waals surface area contributed by atoms with Crippen molar-refractivity contribution in [2.24, 2.45) is 0 Å². The first-order valence-corrected chi connectivity index (χ1v) is 6.21. The Hall–Kier alpha value is -0.800. The number of ether oxygens (including phenoxy) is 1. The van der Waals surface area contributed by atoms with Crippen molar-refractivity contribution in [1.82, 2.24) is 10.3 Å². The van der Waals surface area contributed by atoms with Crippen LogP contribution in [0.4, 0.5) is 0 Å². The van der Waals surface area contributed by atoms with Gasteiger partial charge in [-0.25, -0.2) is 4.98 Å². The van der Waals surface area contributed by atoms with Gasteiger partial charge in [0.05, 0.1) is 6.20 Å². The lowest BCUT2D eigenvalue weighted by Gasteiger charge is -2.29. The van der Waals surface area contributed by atoms with Gasteiger partial charge in [0.2, 0.25) is 0 Å². The highest BCUT2D eigenvalue weighted by Crippen LogP contribution is 2.29. The van der Waals surface area contributed by atoms with E-state index in [0.717, 1.165) is 18.6 Å². The van der Waals surface area contributed by atoms with Gasteiger partial charge < -0.3 is 10.1 Å². The van der Waals surface area contributed by atoms with Gasteiger partial charge in [0.15, 0.2) is 0 Å². The van der Waals surface area contributed by atoms with E-state index >= 15 is 0 Å². The van der Waals surface area contributed by atoms with E-state index in [-0.39, 0.29) is 0 Å². The van der Waals surface area contributed by atoms with E-state index in [1.165, 1.54) is 12.8 Å². The molecular formula is C12H15ClN2O. The molecule has 0 aliphatic carbocycles. The Labute approximate surface area is 100 Å². The summed E-state index contributed by atoms with van der Waals surface area (Å²) in [6, 6.07) is 4.97. The second kappa shape index (κ2) is 4.22. The molecule has 0 spiro atoms. The molecule has 86 valence electrons. The summed E-state index contributed by atoms with van der Waals surface area (Å²) in [6.07, 6.45) is 6.85.